The van der Waals surface area contributed by atoms with Gasteiger partial charge in [0.25, 0.3) is 10.1 Å². The topological polar surface area (TPSA) is 124 Å². The van der Waals surface area contributed by atoms with Gasteiger partial charge in [0.15, 0.2) is 0 Å². The van der Waals surface area contributed by atoms with Crippen LogP contribution in [0.1, 0.15) is 174 Å². The Morgan fingerprint density at radius 1 is 0.583 bits per heavy atom. The zero-order valence-electron chi connectivity index (χ0n) is 30.7. The standard InChI is InChI=1S/C40H73NO6S/c1-3-5-7-9-11-13-15-17-18-19-20-21-23-25-27-29-31-33-35-39(43)40(44)41-37(36-48(45,46)47)38(42)34-32-30-28-26-24-22-16-14-12-10-8-6-4-2/h11,13,15,17,24,26,32,34,37-39,42-43H,3-10,12,14,16,18-23,25,27-31,33,35-36H2,1-2H3,(H,41,44)(H,45,46,47)/b13-11-,17-15-,26-24+,34-32+. The Balaban J connectivity index is 4.11. The van der Waals surface area contributed by atoms with E-state index < -0.39 is 40.0 Å². The third kappa shape index (κ3) is 32.8. The summed E-state index contributed by atoms with van der Waals surface area (Å²) in [4.78, 5) is 12.6. The van der Waals surface area contributed by atoms with Gasteiger partial charge >= 0.3 is 0 Å². The summed E-state index contributed by atoms with van der Waals surface area (Å²) in [5, 5.41) is 23.3. The second-order valence-electron chi connectivity index (χ2n) is 13.4. The van der Waals surface area contributed by atoms with Gasteiger partial charge in [-0.3, -0.25) is 9.35 Å². The average molecular weight is 696 g/mol. The number of aliphatic hydroxyl groups is 2. The fourth-order valence-electron chi connectivity index (χ4n) is 5.58. The highest BCUT2D eigenvalue weighted by molar-refractivity contribution is 7.85. The molecule has 0 aliphatic rings. The normalized spacial score (nSPS) is 14.5. The van der Waals surface area contributed by atoms with Crippen molar-refractivity contribution < 1.29 is 28.0 Å². The summed E-state index contributed by atoms with van der Waals surface area (Å²) in [7, 11) is -4.45. The fourth-order valence-corrected chi connectivity index (χ4v) is 6.31. The number of carbonyl (C=O) groups excluding carboxylic acids is 1. The van der Waals surface area contributed by atoms with Crippen molar-refractivity contribution in [2.45, 2.75) is 193 Å². The Bertz CT molecular complexity index is 959. The van der Waals surface area contributed by atoms with Crippen molar-refractivity contribution in [3.8, 4) is 0 Å². The van der Waals surface area contributed by atoms with Crippen LogP contribution in [0.2, 0.25) is 0 Å². The third-order valence-electron chi connectivity index (χ3n) is 8.61. The second-order valence-corrected chi connectivity index (χ2v) is 14.9. The average Bonchev–Trinajstić information content (AvgIpc) is 3.05. The molecule has 8 heteroatoms. The molecule has 0 fully saturated rings. The molecule has 0 radical (unpaired) electrons. The van der Waals surface area contributed by atoms with Crippen LogP contribution in [0.4, 0.5) is 0 Å². The van der Waals surface area contributed by atoms with Crippen molar-refractivity contribution in [1.29, 1.82) is 0 Å². The molecule has 0 spiro atoms. The summed E-state index contributed by atoms with van der Waals surface area (Å²) in [6, 6.07) is -1.25. The lowest BCUT2D eigenvalue weighted by Gasteiger charge is -2.22. The van der Waals surface area contributed by atoms with Gasteiger partial charge < -0.3 is 15.5 Å². The van der Waals surface area contributed by atoms with E-state index in [1.165, 1.54) is 109 Å². The number of amides is 1. The number of aliphatic hydroxyl groups excluding tert-OH is 2. The predicted octanol–water partition coefficient (Wildman–Crippen LogP) is 10.1. The highest BCUT2D eigenvalue weighted by atomic mass is 32.2. The number of nitrogens with one attached hydrogen (secondary N) is 1. The van der Waals surface area contributed by atoms with E-state index in [0.717, 1.165) is 38.5 Å². The zero-order valence-corrected chi connectivity index (χ0v) is 31.5. The number of hydrogen-bond donors (Lipinski definition) is 4. The molecule has 1 amide bonds. The first-order valence-electron chi connectivity index (χ1n) is 19.5. The van der Waals surface area contributed by atoms with Crippen LogP contribution in [0.5, 0.6) is 0 Å². The van der Waals surface area contributed by atoms with Crippen molar-refractivity contribution in [2.24, 2.45) is 0 Å². The minimum Gasteiger partial charge on any atom is -0.387 e. The second kappa shape index (κ2) is 33.7. The van der Waals surface area contributed by atoms with Crippen LogP contribution in [-0.4, -0.2) is 53.1 Å². The predicted molar refractivity (Wildman–Crippen MR) is 204 cm³/mol. The largest absolute Gasteiger partial charge is 0.387 e. The number of allylic oxidation sites excluding steroid dienone is 7. The highest BCUT2D eigenvalue weighted by Crippen LogP contribution is 2.13. The molecule has 0 saturated heterocycles. The van der Waals surface area contributed by atoms with Crippen molar-refractivity contribution in [3.63, 3.8) is 0 Å². The maximum Gasteiger partial charge on any atom is 0.267 e. The number of carbonyl (C=O) groups is 1. The van der Waals surface area contributed by atoms with Crippen molar-refractivity contribution in [1.82, 2.24) is 5.32 Å². The molecule has 0 aromatic heterocycles. The van der Waals surface area contributed by atoms with E-state index in [9.17, 15) is 28.0 Å². The molecule has 0 aliphatic carbocycles. The SMILES string of the molecule is CCCCC/C=C\C=C/CCCCCCCCCCCC(O)C(=O)NC(CS(=O)(=O)O)C(O)/C=C/CC/C=C/CCCCCCCCC. The molecule has 0 aromatic rings. The summed E-state index contributed by atoms with van der Waals surface area (Å²) < 4.78 is 32.4. The van der Waals surface area contributed by atoms with Crippen LogP contribution < -0.4 is 5.32 Å². The quantitative estimate of drug-likeness (QED) is 0.0230. The van der Waals surface area contributed by atoms with E-state index in [4.69, 9.17) is 0 Å². The molecule has 0 aliphatic heterocycles. The molecular formula is C40H73NO6S. The lowest BCUT2D eigenvalue weighted by molar-refractivity contribution is -0.130. The first-order chi connectivity index (χ1) is 23.2. The van der Waals surface area contributed by atoms with Gasteiger partial charge in [-0.25, -0.2) is 0 Å². The molecule has 0 rings (SSSR count). The van der Waals surface area contributed by atoms with Crippen LogP contribution in [-0.2, 0) is 14.9 Å². The number of hydrogen-bond acceptors (Lipinski definition) is 5. The summed E-state index contributed by atoms with van der Waals surface area (Å²) in [5.41, 5.74) is 0. The Morgan fingerprint density at radius 2 is 1.00 bits per heavy atom. The maximum absolute atomic E-state index is 12.6. The summed E-state index contributed by atoms with van der Waals surface area (Å²) in [5.74, 6) is -1.56. The zero-order chi connectivity index (χ0) is 35.6. The van der Waals surface area contributed by atoms with Gasteiger partial charge in [-0.1, -0.05) is 165 Å². The smallest absolute Gasteiger partial charge is 0.267 e. The van der Waals surface area contributed by atoms with E-state index >= 15 is 0 Å². The lowest BCUT2D eigenvalue weighted by Crippen LogP contribution is -2.50. The van der Waals surface area contributed by atoms with Crippen molar-refractivity contribution in [3.05, 3.63) is 48.6 Å². The first kappa shape index (κ1) is 46.3. The van der Waals surface area contributed by atoms with Gasteiger partial charge in [0.1, 0.15) is 6.10 Å². The highest BCUT2D eigenvalue weighted by Gasteiger charge is 2.27. The van der Waals surface area contributed by atoms with Crippen molar-refractivity contribution in [2.75, 3.05) is 5.75 Å². The van der Waals surface area contributed by atoms with Gasteiger partial charge in [0, 0.05) is 0 Å². The third-order valence-corrected chi connectivity index (χ3v) is 9.39. The van der Waals surface area contributed by atoms with Gasteiger partial charge in [0.2, 0.25) is 5.91 Å². The van der Waals surface area contributed by atoms with E-state index in [-0.39, 0.29) is 6.42 Å². The Morgan fingerprint density at radius 3 is 1.54 bits per heavy atom. The van der Waals surface area contributed by atoms with Gasteiger partial charge in [-0.15, -0.1) is 0 Å². The molecule has 7 nitrogen and oxygen atoms in total. The molecule has 3 atom stereocenters. The van der Waals surface area contributed by atoms with Gasteiger partial charge in [-0.2, -0.15) is 8.42 Å². The van der Waals surface area contributed by atoms with Crippen LogP contribution >= 0.6 is 0 Å². The summed E-state index contributed by atoms with van der Waals surface area (Å²) in [6.07, 6.45) is 41.6. The van der Waals surface area contributed by atoms with Crippen LogP contribution in [0.3, 0.4) is 0 Å². The molecule has 48 heavy (non-hydrogen) atoms. The van der Waals surface area contributed by atoms with E-state index in [1.807, 2.05) is 0 Å². The van der Waals surface area contributed by atoms with E-state index in [1.54, 1.807) is 6.08 Å². The van der Waals surface area contributed by atoms with Crippen molar-refractivity contribution >= 4 is 16.0 Å². The minimum atomic E-state index is -4.45. The minimum absolute atomic E-state index is 0.267. The number of rotatable bonds is 34. The number of unbranched alkanes of at least 4 members (excludes halogenated alkanes) is 20. The first-order valence-corrected chi connectivity index (χ1v) is 21.1. The maximum atomic E-state index is 12.6. The summed E-state index contributed by atoms with van der Waals surface area (Å²) >= 11 is 0. The van der Waals surface area contributed by atoms with E-state index in [0.29, 0.717) is 12.8 Å². The Hall–Kier alpha value is -1.74. The molecule has 280 valence electrons. The van der Waals surface area contributed by atoms with Gasteiger partial charge in [-0.05, 0) is 57.8 Å². The van der Waals surface area contributed by atoms with Crippen LogP contribution in [0.15, 0.2) is 48.6 Å². The molecule has 0 aromatic carbocycles. The molecule has 3 unspecified atom stereocenters. The Kier molecular flexibility index (Phi) is 32.5. The molecular weight excluding hydrogens is 623 g/mol. The lowest BCUT2D eigenvalue weighted by atomic mass is 10.0. The molecule has 0 heterocycles. The van der Waals surface area contributed by atoms with Crippen LogP contribution in [0.25, 0.3) is 0 Å². The monoisotopic (exact) mass is 696 g/mol. The van der Waals surface area contributed by atoms with E-state index in [2.05, 4.69) is 55.6 Å². The van der Waals surface area contributed by atoms with Gasteiger partial charge in [0.05, 0.1) is 17.9 Å². The summed E-state index contributed by atoms with van der Waals surface area (Å²) in [6.45, 7) is 4.45. The Labute approximate surface area is 295 Å². The molecule has 0 bridgehead atoms. The fraction of sp³-hybridized carbons (Fsp3) is 0.775. The van der Waals surface area contributed by atoms with Crippen LogP contribution in [0, 0.1) is 0 Å². The molecule has 4 N–H and O–H groups in total. The molecule has 0 saturated carbocycles.